The number of rotatable bonds is 5. The van der Waals surface area contributed by atoms with Gasteiger partial charge in [0.1, 0.15) is 0 Å². The third kappa shape index (κ3) is 4.88. The van der Waals surface area contributed by atoms with Gasteiger partial charge in [-0.25, -0.2) is 0 Å². The molecule has 0 aliphatic rings. The molecule has 0 atom stereocenters. The van der Waals surface area contributed by atoms with E-state index in [1.54, 1.807) is 0 Å². The smallest absolute Gasteiger partial charge is 0.325 e. The standard InChI is InChI=1S/C18H15ClF3N5OS/c1-10-4-3-5-11(2)16(10)27-17(24-25-26-27)29-9-15(28)23-12-6-7-14(19)13(8-12)18(20,21)22/h3-8H,9H2,1-2H3,(H,23,28). The monoisotopic (exact) mass is 441 g/mol. The van der Waals surface area contributed by atoms with Gasteiger partial charge in [-0.3, -0.25) is 4.79 Å². The van der Waals surface area contributed by atoms with Crippen LogP contribution in [0.5, 0.6) is 0 Å². The number of aryl methyl sites for hydroxylation is 2. The lowest BCUT2D eigenvalue weighted by Crippen LogP contribution is -2.16. The summed E-state index contributed by atoms with van der Waals surface area (Å²) in [5.74, 6) is -0.587. The molecule has 3 rings (SSSR count). The zero-order valence-corrected chi connectivity index (χ0v) is 16.9. The second kappa shape index (κ2) is 8.42. The molecule has 0 bridgehead atoms. The summed E-state index contributed by atoms with van der Waals surface area (Å²) in [6.07, 6.45) is -4.61. The Bertz CT molecular complexity index is 1030. The van der Waals surface area contributed by atoms with Gasteiger partial charge < -0.3 is 5.32 Å². The predicted octanol–water partition coefficient (Wildman–Crippen LogP) is 4.68. The van der Waals surface area contributed by atoms with Crippen molar-refractivity contribution < 1.29 is 18.0 Å². The summed E-state index contributed by atoms with van der Waals surface area (Å²) in [4.78, 5) is 12.2. The minimum atomic E-state index is -4.61. The Morgan fingerprint density at radius 2 is 1.90 bits per heavy atom. The predicted molar refractivity (Wildman–Crippen MR) is 104 cm³/mol. The van der Waals surface area contributed by atoms with Gasteiger partial charge in [0, 0.05) is 5.69 Å². The van der Waals surface area contributed by atoms with E-state index in [1.807, 2.05) is 32.0 Å². The van der Waals surface area contributed by atoms with E-state index in [4.69, 9.17) is 11.6 Å². The van der Waals surface area contributed by atoms with Crippen molar-refractivity contribution in [2.45, 2.75) is 25.2 Å². The summed E-state index contributed by atoms with van der Waals surface area (Å²) >= 11 is 6.66. The van der Waals surface area contributed by atoms with Crippen molar-refractivity contribution in [3.8, 4) is 5.69 Å². The van der Waals surface area contributed by atoms with Gasteiger partial charge >= 0.3 is 6.18 Å². The van der Waals surface area contributed by atoms with Gasteiger partial charge in [-0.15, -0.1) is 5.10 Å². The highest BCUT2D eigenvalue weighted by Gasteiger charge is 2.33. The van der Waals surface area contributed by atoms with Gasteiger partial charge in [0.25, 0.3) is 0 Å². The van der Waals surface area contributed by atoms with Crippen LogP contribution in [0, 0.1) is 13.8 Å². The molecule has 2 aromatic carbocycles. The van der Waals surface area contributed by atoms with Gasteiger partial charge in [-0.05, 0) is 53.6 Å². The van der Waals surface area contributed by atoms with Crippen LogP contribution in [0.4, 0.5) is 18.9 Å². The quantitative estimate of drug-likeness (QED) is 0.582. The van der Waals surface area contributed by atoms with E-state index in [1.165, 1.54) is 10.7 Å². The number of hydrogen-bond donors (Lipinski definition) is 1. The van der Waals surface area contributed by atoms with Crippen LogP contribution >= 0.6 is 23.4 Å². The van der Waals surface area contributed by atoms with Gasteiger partial charge in [0.2, 0.25) is 11.1 Å². The normalized spacial score (nSPS) is 11.5. The molecule has 0 radical (unpaired) electrons. The van der Waals surface area contributed by atoms with E-state index in [9.17, 15) is 18.0 Å². The fraction of sp³-hybridized carbons (Fsp3) is 0.222. The van der Waals surface area contributed by atoms with E-state index in [0.717, 1.165) is 40.7 Å². The number of halogens is 4. The zero-order valence-electron chi connectivity index (χ0n) is 15.3. The second-order valence-corrected chi connectivity index (χ2v) is 7.49. The fourth-order valence-corrected chi connectivity index (χ4v) is 3.60. The van der Waals surface area contributed by atoms with Crippen molar-refractivity contribution in [1.29, 1.82) is 0 Å². The van der Waals surface area contributed by atoms with E-state index >= 15 is 0 Å². The Morgan fingerprint density at radius 3 is 2.55 bits per heavy atom. The Morgan fingerprint density at radius 1 is 1.21 bits per heavy atom. The molecule has 6 nitrogen and oxygen atoms in total. The molecule has 1 heterocycles. The maximum absolute atomic E-state index is 12.9. The molecule has 1 aromatic heterocycles. The van der Waals surface area contributed by atoms with E-state index in [0.29, 0.717) is 5.16 Å². The number of alkyl halides is 3. The van der Waals surface area contributed by atoms with Gasteiger partial charge in [0.05, 0.1) is 22.0 Å². The molecule has 0 saturated carbocycles. The van der Waals surface area contributed by atoms with Crippen molar-refractivity contribution in [2.24, 2.45) is 0 Å². The first-order valence-corrected chi connectivity index (χ1v) is 9.67. The second-order valence-electron chi connectivity index (χ2n) is 6.14. The molecule has 0 saturated heterocycles. The van der Waals surface area contributed by atoms with Crippen LogP contribution in [-0.4, -0.2) is 31.9 Å². The first-order chi connectivity index (χ1) is 13.7. The van der Waals surface area contributed by atoms with Crippen LogP contribution in [-0.2, 0) is 11.0 Å². The third-order valence-corrected chi connectivity index (χ3v) is 5.23. The minimum Gasteiger partial charge on any atom is -0.325 e. The van der Waals surface area contributed by atoms with Crippen LogP contribution in [0.15, 0.2) is 41.6 Å². The molecule has 1 amide bonds. The first kappa shape index (κ1) is 21.1. The molecule has 152 valence electrons. The summed E-state index contributed by atoms with van der Waals surface area (Å²) in [5.41, 5.74) is 1.73. The van der Waals surface area contributed by atoms with Crippen LogP contribution in [0.2, 0.25) is 5.02 Å². The summed E-state index contributed by atoms with van der Waals surface area (Å²) in [7, 11) is 0. The number of para-hydroxylation sites is 1. The summed E-state index contributed by atoms with van der Waals surface area (Å²) in [6.45, 7) is 3.84. The minimum absolute atomic E-state index is 0.00154. The maximum Gasteiger partial charge on any atom is 0.417 e. The van der Waals surface area contributed by atoms with Crippen LogP contribution in [0.1, 0.15) is 16.7 Å². The maximum atomic E-state index is 12.9. The van der Waals surface area contributed by atoms with Crippen molar-refractivity contribution in [1.82, 2.24) is 20.2 Å². The van der Waals surface area contributed by atoms with Gasteiger partial charge in [-0.1, -0.05) is 41.6 Å². The molecule has 0 unspecified atom stereocenters. The molecule has 0 aliphatic heterocycles. The molecule has 0 spiro atoms. The molecular formula is C18H15ClF3N5OS. The molecule has 3 aromatic rings. The van der Waals surface area contributed by atoms with Crippen LogP contribution in [0.25, 0.3) is 5.69 Å². The Hall–Kier alpha value is -2.59. The highest BCUT2D eigenvalue weighted by molar-refractivity contribution is 7.99. The number of carbonyl (C=O) groups excluding carboxylic acids is 1. The van der Waals surface area contributed by atoms with Crippen LogP contribution in [0.3, 0.4) is 0 Å². The van der Waals surface area contributed by atoms with Gasteiger partial charge in [-0.2, -0.15) is 17.9 Å². The van der Waals surface area contributed by atoms with E-state index in [2.05, 4.69) is 20.8 Å². The van der Waals surface area contributed by atoms with E-state index < -0.39 is 22.7 Å². The Balaban J connectivity index is 1.71. The van der Waals surface area contributed by atoms with Crippen molar-refractivity contribution >= 4 is 35.0 Å². The number of carbonyl (C=O) groups is 1. The Labute approximate surface area is 173 Å². The lowest BCUT2D eigenvalue weighted by atomic mass is 10.1. The highest BCUT2D eigenvalue weighted by Crippen LogP contribution is 2.36. The number of benzene rings is 2. The molecular weight excluding hydrogens is 427 g/mol. The van der Waals surface area contributed by atoms with Crippen molar-refractivity contribution in [3.05, 3.63) is 58.1 Å². The van der Waals surface area contributed by atoms with Gasteiger partial charge in [0.15, 0.2) is 0 Å². The third-order valence-electron chi connectivity index (χ3n) is 3.98. The molecule has 11 heteroatoms. The SMILES string of the molecule is Cc1cccc(C)c1-n1nnnc1SCC(=O)Nc1ccc(Cl)c(C(F)(F)F)c1. The summed E-state index contributed by atoms with van der Waals surface area (Å²) in [6, 6.07) is 8.95. The molecule has 0 fully saturated rings. The largest absolute Gasteiger partial charge is 0.417 e. The summed E-state index contributed by atoms with van der Waals surface area (Å²) in [5, 5.41) is 14.0. The summed E-state index contributed by atoms with van der Waals surface area (Å²) < 4.78 is 40.4. The lowest BCUT2D eigenvalue weighted by Gasteiger charge is -2.12. The number of thioether (sulfide) groups is 1. The molecule has 1 N–H and O–H groups in total. The number of hydrogen-bond acceptors (Lipinski definition) is 5. The number of amides is 1. The number of tetrazole rings is 1. The number of anilines is 1. The number of nitrogens with one attached hydrogen (secondary N) is 1. The topological polar surface area (TPSA) is 72.7 Å². The average molecular weight is 442 g/mol. The number of aromatic nitrogens is 4. The highest BCUT2D eigenvalue weighted by atomic mass is 35.5. The van der Waals surface area contributed by atoms with Crippen molar-refractivity contribution in [3.63, 3.8) is 0 Å². The molecule has 0 aliphatic carbocycles. The van der Waals surface area contributed by atoms with E-state index in [-0.39, 0.29) is 11.4 Å². The number of nitrogens with zero attached hydrogens (tertiary/aromatic N) is 4. The average Bonchev–Trinajstić information content (AvgIpc) is 3.09. The lowest BCUT2D eigenvalue weighted by molar-refractivity contribution is -0.137. The first-order valence-electron chi connectivity index (χ1n) is 8.31. The zero-order chi connectivity index (χ0) is 21.2. The van der Waals surface area contributed by atoms with Crippen LogP contribution < -0.4 is 5.32 Å². The fourth-order valence-electron chi connectivity index (χ4n) is 2.70. The molecule has 29 heavy (non-hydrogen) atoms. The Kier molecular flexibility index (Phi) is 6.13. The van der Waals surface area contributed by atoms with Crippen molar-refractivity contribution in [2.75, 3.05) is 11.1 Å².